The van der Waals surface area contributed by atoms with Crippen LogP contribution >= 0.6 is 0 Å². The molecule has 1 N–H and O–H groups in total. The van der Waals surface area contributed by atoms with Crippen molar-refractivity contribution in [1.29, 1.82) is 0 Å². The Balaban J connectivity index is 0. The third kappa shape index (κ3) is 27.2. The molecule has 0 radical (unpaired) electrons. The molecule has 0 spiro atoms. The number of aliphatic carboxylic acids is 1. The number of rotatable bonds is 3. The van der Waals surface area contributed by atoms with Crippen LogP contribution in [0.4, 0.5) is 0 Å². The van der Waals surface area contributed by atoms with E-state index >= 15 is 0 Å². The normalized spacial score (nSPS) is 7.40. The fraction of sp³-hybridized carbons (Fsp3) is 0.571. The van der Waals surface area contributed by atoms with Crippen molar-refractivity contribution in [3.63, 3.8) is 0 Å². The van der Waals surface area contributed by atoms with Gasteiger partial charge in [-0.1, -0.05) is 6.08 Å². The van der Waals surface area contributed by atoms with Crippen LogP contribution in [0, 0.1) is 0 Å². The van der Waals surface area contributed by atoms with Crippen LogP contribution in [0.3, 0.4) is 0 Å². The maximum absolute atomic E-state index is 9.68. The first-order chi connectivity index (χ1) is 4.68. The first-order valence-corrected chi connectivity index (χ1v) is 2.96. The number of carbonyl (C=O) groups is 1. The Morgan fingerprint density at radius 1 is 1.80 bits per heavy atom. The van der Waals surface area contributed by atoms with Gasteiger partial charge in [0, 0.05) is 7.11 Å². The van der Waals surface area contributed by atoms with E-state index in [0.717, 1.165) is 0 Å². The van der Waals surface area contributed by atoms with Crippen molar-refractivity contribution in [3.05, 3.63) is 12.7 Å². The Bertz CT molecular complexity index is 88.9. The fourth-order valence-electron chi connectivity index (χ4n) is 0.189. The van der Waals surface area contributed by atoms with E-state index in [2.05, 4.69) is 11.3 Å². The molecule has 0 heterocycles. The summed E-state index contributed by atoms with van der Waals surface area (Å²) < 4.78 is 4.47. The van der Waals surface area contributed by atoms with E-state index in [1.807, 2.05) is 6.92 Å². The molecule has 0 aliphatic heterocycles. The van der Waals surface area contributed by atoms with Crippen LogP contribution in [0.1, 0.15) is 13.3 Å². The van der Waals surface area contributed by atoms with Gasteiger partial charge in [0.1, 0.15) is 0 Å². The number of hydrogen-bond acceptors (Lipinski definition) is 2. The Hall–Kier alpha value is -0.830. The molecule has 60 valence electrons. The molecule has 0 rings (SSSR count). The van der Waals surface area contributed by atoms with E-state index in [0.29, 0.717) is 6.61 Å². The van der Waals surface area contributed by atoms with E-state index in [4.69, 9.17) is 5.11 Å². The molecule has 0 atom stereocenters. The van der Waals surface area contributed by atoms with Crippen molar-refractivity contribution in [1.82, 2.24) is 0 Å². The zero-order valence-electron chi connectivity index (χ0n) is 6.46. The largest absolute Gasteiger partial charge is 0.481 e. The smallest absolute Gasteiger partial charge is 0.305 e. The summed E-state index contributed by atoms with van der Waals surface area (Å²) in [5.74, 6) is -0.818. The van der Waals surface area contributed by atoms with Crippen molar-refractivity contribution < 1.29 is 14.6 Å². The molecular weight excluding hydrogens is 132 g/mol. The number of allylic oxidation sites excluding steroid dienone is 1. The first kappa shape index (κ1) is 11.9. The van der Waals surface area contributed by atoms with E-state index in [1.54, 1.807) is 6.08 Å². The molecule has 3 heteroatoms. The molecule has 0 bridgehead atoms. The lowest BCUT2D eigenvalue weighted by Crippen LogP contribution is -1.99. The van der Waals surface area contributed by atoms with E-state index < -0.39 is 5.97 Å². The Morgan fingerprint density at radius 2 is 2.20 bits per heavy atom. The van der Waals surface area contributed by atoms with Gasteiger partial charge in [-0.05, 0) is 6.92 Å². The Morgan fingerprint density at radius 3 is 2.30 bits per heavy atom. The summed E-state index contributed by atoms with van der Waals surface area (Å²) in [5.41, 5.74) is 0. The van der Waals surface area contributed by atoms with Gasteiger partial charge in [-0.25, -0.2) is 0 Å². The summed E-state index contributed by atoms with van der Waals surface area (Å²) in [7, 11) is 1.48. The van der Waals surface area contributed by atoms with Crippen molar-refractivity contribution in [2.24, 2.45) is 0 Å². The molecule has 0 aromatic carbocycles. The number of ether oxygens (including phenoxy) is 1. The highest BCUT2D eigenvalue weighted by molar-refractivity contribution is 5.66. The van der Waals surface area contributed by atoms with Crippen LogP contribution in [-0.2, 0) is 9.53 Å². The van der Waals surface area contributed by atoms with Gasteiger partial charge < -0.3 is 9.84 Å². The van der Waals surface area contributed by atoms with Gasteiger partial charge in [0.2, 0.25) is 0 Å². The Kier molecular flexibility index (Phi) is 13.1. The van der Waals surface area contributed by atoms with Gasteiger partial charge in [0.25, 0.3) is 0 Å². The topological polar surface area (TPSA) is 46.5 Å². The number of carboxylic acid groups (broad SMARTS) is 1. The predicted octanol–water partition coefficient (Wildman–Crippen LogP) is 1.30. The van der Waals surface area contributed by atoms with Crippen molar-refractivity contribution in [2.75, 3.05) is 13.7 Å². The molecule has 0 aliphatic rings. The van der Waals surface area contributed by atoms with Gasteiger partial charge in [0.15, 0.2) is 0 Å². The Labute approximate surface area is 61.3 Å². The van der Waals surface area contributed by atoms with Gasteiger partial charge in [0.05, 0.1) is 13.0 Å². The van der Waals surface area contributed by atoms with Crippen LogP contribution in [0.15, 0.2) is 12.7 Å². The third-order valence-corrected chi connectivity index (χ3v) is 0.520. The zero-order chi connectivity index (χ0) is 8.41. The van der Waals surface area contributed by atoms with Crippen LogP contribution < -0.4 is 0 Å². The van der Waals surface area contributed by atoms with Crippen molar-refractivity contribution in [2.45, 2.75) is 13.3 Å². The quantitative estimate of drug-likeness (QED) is 0.610. The molecule has 0 aromatic rings. The standard InChI is InChI=1S/C4H8O3.C3H6/c1-7-3-2-4(5)6;1-3-2/h2-3H2,1H3,(H,5,6);3H,1H2,2H3. The molecule has 3 nitrogen and oxygen atoms in total. The highest BCUT2D eigenvalue weighted by Gasteiger charge is 1.91. The van der Waals surface area contributed by atoms with Crippen molar-refractivity contribution >= 4 is 5.97 Å². The minimum absolute atomic E-state index is 0.0938. The highest BCUT2D eigenvalue weighted by Crippen LogP contribution is 1.76. The summed E-state index contributed by atoms with van der Waals surface area (Å²) in [6, 6.07) is 0. The first-order valence-electron chi connectivity index (χ1n) is 2.96. The fourth-order valence-corrected chi connectivity index (χ4v) is 0.189. The van der Waals surface area contributed by atoms with Crippen LogP contribution in [0.25, 0.3) is 0 Å². The molecule has 0 saturated heterocycles. The van der Waals surface area contributed by atoms with Crippen LogP contribution in [0.5, 0.6) is 0 Å². The predicted molar refractivity (Wildman–Crippen MR) is 40.0 cm³/mol. The summed E-state index contributed by atoms with van der Waals surface area (Å²) in [6.07, 6.45) is 1.84. The van der Waals surface area contributed by atoms with E-state index in [9.17, 15) is 4.79 Å². The summed E-state index contributed by atoms with van der Waals surface area (Å²) in [5, 5.41) is 7.96. The second kappa shape index (κ2) is 11.0. The lowest BCUT2D eigenvalue weighted by molar-refractivity contribution is -0.137. The summed E-state index contributed by atoms with van der Waals surface area (Å²) >= 11 is 0. The molecule has 0 fully saturated rings. The molecular formula is C7H14O3. The van der Waals surface area contributed by atoms with Gasteiger partial charge in [-0.2, -0.15) is 0 Å². The molecule has 0 aliphatic carbocycles. The number of hydrogen-bond donors (Lipinski definition) is 1. The molecule has 10 heavy (non-hydrogen) atoms. The van der Waals surface area contributed by atoms with Crippen molar-refractivity contribution in [3.8, 4) is 0 Å². The zero-order valence-corrected chi connectivity index (χ0v) is 6.46. The van der Waals surface area contributed by atoms with Crippen LogP contribution in [0.2, 0.25) is 0 Å². The maximum Gasteiger partial charge on any atom is 0.305 e. The van der Waals surface area contributed by atoms with E-state index in [-0.39, 0.29) is 6.42 Å². The molecule has 0 saturated carbocycles. The number of methoxy groups -OCH3 is 1. The molecule has 0 aromatic heterocycles. The van der Waals surface area contributed by atoms with E-state index in [1.165, 1.54) is 7.11 Å². The number of carboxylic acids is 1. The minimum atomic E-state index is -0.818. The second-order valence-electron chi connectivity index (χ2n) is 1.54. The third-order valence-electron chi connectivity index (χ3n) is 0.520. The lowest BCUT2D eigenvalue weighted by atomic mass is 10.5. The van der Waals surface area contributed by atoms with Gasteiger partial charge >= 0.3 is 5.97 Å². The van der Waals surface area contributed by atoms with Gasteiger partial charge in [-0.3, -0.25) is 4.79 Å². The summed E-state index contributed by atoms with van der Waals surface area (Å²) in [4.78, 5) is 9.68. The molecule has 0 amide bonds. The highest BCUT2D eigenvalue weighted by atomic mass is 16.5. The second-order valence-corrected chi connectivity index (χ2v) is 1.54. The average Bonchev–Trinajstić information content (AvgIpc) is 1.85. The maximum atomic E-state index is 9.68. The molecule has 0 unspecified atom stereocenters. The minimum Gasteiger partial charge on any atom is -0.481 e. The SMILES string of the molecule is C=CC.COCCC(=O)O. The van der Waals surface area contributed by atoms with Crippen LogP contribution in [-0.4, -0.2) is 24.8 Å². The lowest BCUT2D eigenvalue weighted by Gasteiger charge is -1.88. The monoisotopic (exact) mass is 146 g/mol. The summed E-state index contributed by atoms with van der Waals surface area (Å²) in [6.45, 7) is 5.55. The average molecular weight is 146 g/mol. The van der Waals surface area contributed by atoms with Gasteiger partial charge in [-0.15, -0.1) is 6.58 Å².